The van der Waals surface area contributed by atoms with Crippen LogP contribution in [0.2, 0.25) is 0 Å². The molecule has 3 heteroatoms. The Morgan fingerprint density at radius 3 is 2.93 bits per heavy atom. The molecule has 0 aromatic carbocycles. The van der Waals surface area contributed by atoms with Crippen LogP contribution >= 0.6 is 0 Å². The van der Waals surface area contributed by atoms with Gasteiger partial charge in [-0.2, -0.15) is 5.26 Å². The van der Waals surface area contributed by atoms with Crippen molar-refractivity contribution in [3.05, 3.63) is 0 Å². The molecule has 1 rings (SSSR count). The molecule has 1 saturated heterocycles. The van der Waals surface area contributed by atoms with Crippen molar-refractivity contribution in [2.45, 2.75) is 33.1 Å². The van der Waals surface area contributed by atoms with Crippen LogP contribution in [0.25, 0.3) is 0 Å². The van der Waals surface area contributed by atoms with Gasteiger partial charge in [0.15, 0.2) is 0 Å². The number of likely N-dealkylation sites (tertiary alicyclic amines) is 1. The Hall–Kier alpha value is -1.04. The molecule has 0 aromatic heterocycles. The van der Waals surface area contributed by atoms with Gasteiger partial charge in [0.05, 0.1) is 6.07 Å². The number of amides is 1. The first-order valence-electron chi connectivity index (χ1n) is 5.30. The largest absolute Gasteiger partial charge is 0.342 e. The lowest BCUT2D eigenvalue weighted by Crippen LogP contribution is -2.41. The predicted octanol–water partition coefficient (Wildman–Crippen LogP) is 1.79. The topological polar surface area (TPSA) is 44.1 Å². The van der Waals surface area contributed by atoms with Crippen LogP contribution in [-0.2, 0) is 4.79 Å². The van der Waals surface area contributed by atoms with E-state index in [-0.39, 0.29) is 12.3 Å². The second kappa shape index (κ2) is 4.99. The first kappa shape index (κ1) is 11.0. The Morgan fingerprint density at radius 1 is 1.64 bits per heavy atom. The van der Waals surface area contributed by atoms with Crippen molar-refractivity contribution in [2.24, 2.45) is 11.8 Å². The summed E-state index contributed by atoms with van der Waals surface area (Å²) >= 11 is 0. The third-order valence-electron chi connectivity index (χ3n) is 2.98. The van der Waals surface area contributed by atoms with Crippen LogP contribution in [0.3, 0.4) is 0 Å². The van der Waals surface area contributed by atoms with Gasteiger partial charge < -0.3 is 4.90 Å². The van der Waals surface area contributed by atoms with Crippen LogP contribution in [0.4, 0.5) is 0 Å². The summed E-state index contributed by atoms with van der Waals surface area (Å²) in [5.41, 5.74) is 0. The van der Waals surface area contributed by atoms with Crippen molar-refractivity contribution in [1.29, 1.82) is 5.26 Å². The smallest absolute Gasteiger partial charge is 0.236 e. The number of hydrogen-bond acceptors (Lipinski definition) is 2. The van der Waals surface area contributed by atoms with Crippen molar-refractivity contribution in [3.63, 3.8) is 0 Å². The minimum atomic E-state index is -0.00199. The Kier molecular flexibility index (Phi) is 3.94. The van der Waals surface area contributed by atoms with E-state index < -0.39 is 0 Å². The monoisotopic (exact) mass is 194 g/mol. The molecule has 14 heavy (non-hydrogen) atoms. The fourth-order valence-corrected chi connectivity index (χ4v) is 1.96. The molecule has 78 valence electrons. The lowest BCUT2D eigenvalue weighted by atomic mass is 9.88. The Bertz CT molecular complexity index is 242. The first-order chi connectivity index (χ1) is 6.65. The summed E-state index contributed by atoms with van der Waals surface area (Å²) in [6.07, 6.45) is 2.33. The Labute approximate surface area is 85.7 Å². The summed E-state index contributed by atoms with van der Waals surface area (Å²) in [5, 5.41) is 8.44. The molecule has 1 amide bonds. The van der Waals surface area contributed by atoms with E-state index in [1.165, 1.54) is 6.42 Å². The number of nitriles is 1. The van der Waals surface area contributed by atoms with Crippen molar-refractivity contribution >= 4 is 5.91 Å². The van der Waals surface area contributed by atoms with Gasteiger partial charge in [0.2, 0.25) is 5.91 Å². The van der Waals surface area contributed by atoms with Crippen molar-refractivity contribution in [1.82, 2.24) is 4.90 Å². The van der Waals surface area contributed by atoms with Gasteiger partial charge in [0, 0.05) is 13.1 Å². The maximum Gasteiger partial charge on any atom is 0.236 e. The fraction of sp³-hybridized carbons (Fsp3) is 0.818. The molecule has 1 fully saturated rings. The van der Waals surface area contributed by atoms with E-state index in [2.05, 4.69) is 13.8 Å². The number of nitrogens with zero attached hydrogens (tertiary/aromatic N) is 2. The zero-order valence-corrected chi connectivity index (χ0v) is 8.99. The summed E-state index contributed by atoms with van der Waals surface area (Å²) in [7, 11) is 0. The molecule has 0 aromatic rings. The van der Waals surface area contributed by atoms with E-state index >= 15 is 0 Å². The van der Waals surface area contributed by atoms with Gasteiger partial charge in [-0.05, 0) is 24.7 Å². The highest BCUT2D eigenvalue weighted by Gasteiger charge is 2.24. The van der Waals surface area contributed by atoms with Gasteiger partial charge in [0.25, 0.3) is 0 Å². The standard InChI is InChI=1S/C11H18N2O/c1-9(2)10-4-3-7-13(8-10)11(14)5-6-12/h9-10H,3-5,7-8H2,1-2H3. The second-order valence-corrected chi connectivity index (χ2v) is 4.32. The predicted molar refractivity (Wildman–Crippen MR) is 54.4 cm³/mol. The molecule has 1 unspecified atom stereocenters. The molecule has 1 aliphatic heterocycles. The van der Waals surface area contributed by atoms with E-state index in [1.807, 2.05) is 11.0 Å². The molecule has 1 aliphatic rings. The molecule has 3 nitrogen and oxygen atoms in total. The summed E-state index contributed by atoms with van der Waals surface area (Å²) < 4.78 is 0. The van der Waals surface area contributed by atoms with Gasteiger partial charge in [-0.25, -0.2) is 0 Å². The maximum atomic E-state index is 11.5. The van der Waals surface area contributed by atoms with E-state index in [4.69, 9.17) is 5.26 Å². The highest BCUT2D eigenvalue weighted by Crippen LogP contribution is 2.23. The lowest BCUT2D eigenvalue weighted by Gasteiger charge is -2.34. The van der Waals surface area contributed by atoms with E-state index in [0.29, 0.717) is 11.8 Å². The van der Waals surface area contributed by atoms with Crippen molar-refractivity contribution in [2.75, 3.05) is 13.1 Å². The van der Waals surface area contributed by atoms with Gasteiger partial charge >= 0.3 is 0 Å². The zero-order chi connectivity index (χ0) is 10.6. The number of carbonyl (C=O) groups excluding carboxylic acids is 1. The molecule has 0 aliphatic carbocycles. The summed E-state index contributed by atoms with van der Waals surface area (Å²) in [6, 6.07) is 1.92. The number of rotatable bonds is 2. The van der Waals surface area contributed by atoms with Crippen LogP contribution in [0.15, 0.2) is 0 Å². The van der Waals surface area contributed by atoms with Crippen molar-refractivity contribution in [3.8, 4) is 6.07 Å². The Morgan fingerprint density at radius 2 is 2.36 bits per heavy atom. The normalized spacial score (nSPS) is 22.1. The van der Waals surface area contributed by atoms with Gasteiger partial charge in [0.1, 0.15) is 6.42 Å². The molecule has 0 bridgehead atoms. The van der Waals surface area contributed by atoms with Crippen molar-refractivity contribution < 1.29 is 4.79 Å². The Balaban J connectivity index is 2.48. The quantitative estimate of drug-likeness (QED) is 0.672. The molecular formula is C11H18N2O. The number of hydrogen-bond donors (Lipinski definition) is 0. The van der Waals surface area contributed by atoms with Crippen LogP contribution < -0.4 is 0 Å². The van der Waals surface area contributed by atoms with Crippen LogP contribution in [0, 0.1) is 23.2 Å². The molecule has 1 atom stereocenters. The minimum absolute atomic E-state index is 0.00199. The highest BCUT2D eigenvalue weighted by molar-refractivity contribution is 5.78. The van der Waals surface area contributed by atoms with Crippen LogP contribution in [-0.4, -0.2) is 23.9 Å². The van der Waals surface area contributed by atoms with E-state index in [1.54, 1.807) is 0 Å². The number of piperidine rings is 1. The first-order valence-corrected chi connectivity index (χ1v) is 5.30. The fourth-order valence-electron chi connectivity index (χ4n) is 1.96. The van der Waals surface area contributed by atoms with E-state index in [9.17, 15) is 4.79 Å². The van der Waals surface area contributed by atoms with Gasteiger partial charge in [-0.1, -0.05) is 13.8 Å². The molecular weight excluding hydrogens is 176 g/mol. The summed E-state index contributed by atoms with van der Waals surface area (Å²) in [4.78, 5) is 13.3. The molecule has 1 heterocycles. The second-order valence-electron chi connectivity index (χ2n) is 4.32. The van der Waals surface area contributed by atoms with Crippen LogP contribution in [0.1, 0.15) is 33.1 Å². The lowest BCUT2D eigenvalue weighted by molar-refractivity contribution is -0.132. The third-order valence-corrected chi connectivity index (χ3v) is 2.98. The van der Waals surface area contributed by atoms with E-state index in [0.717, 1.165) is 19.5 Å². The highest BCUT2D eigenvalue weighted by atomic mass is 16.2. The average Bonchev–Trinajstić information content (AvgIpc) is 2.18. The molecule has 0 N–H and O–H groups in total. The summed E-state index contributed by atoms with van der Waals surface area (Å²) in [6.45, 7) is 6.08. The van der Waals surface area contributed by atoms with Crippen LogP contribution in [0.5, 0.6) is 0 Å². The third kappa shape index (κ3) is 2.73. The SMILES string of the molecule is CC(C)C1CCCN(C(=O)CC#N)C1. The molecule has 0 radical (unpaired) electrons. The maximum absolute atomic E-state index is 11.5. The zero-order valence-electron chi connectivity index (χ0n) is 8.99. The number of carbonyl (C=O) groups is 1. The molecule has 0 saturated carbocycles. The summed E-state index contributed by atoms with van der Waals surface area (Å²) in [5.74, 6) is 1.25. The average molecular weight is 194 g/mol. The van der Waals surface area contributed by atoms with Gasteiger partial charge in [-0.15, -0.1) is 0 Å². The molecule has 0 spiro atoms. The minimum Gasteiger partial charge on any atom is -0.342 e. The van der Waals surface area contributed by atoms with Gasteiger partial charge in [-0.3, -0.25) is 4.79 Å².